The van der Waals surface area contributed by atoms with E-state index >= 15 is 0 Å². The lowest BCUT2D eigenvalue weighted by molar-refractivity contribution is -0.138. The van der Waals surface area contributed by atoms with Gasteiger partial charge in [0.25, 0.3) is 5.91 Å². The fourth-order valence-corrected chi connectivity index (χ4v) is 4.47. The monoisotopic (exact) mass is 356 g/mol. The molecule has 2 heterocycles. The first-order chi connectivity index (χ1) is 12.1. The number of nitrogens with zero attached hydrogens (tertiary/aromatic N) is 2. The summed E-state index contributed by atoms with van der Waals surface area (Å²) < 4.78 is 0. The molecule has 6 heteroatoms. The van der Waals surface area contributed by atoms with E-state index in [1.165, 1.54) is 0 Å². The molecule has 0 spiro atoms. The van der Waals surface area contributed by atoms with Crippen LogP contribution in [0.25, 0.3) is 10.9 Å². The lowest BCUT2D eigenvalue weighted by atomic mass is 10.0. The molecule has 1 aromatic carbocycles. The van der Waals surface area contributed by atoms with Gasteiger partial charge in [0.15, 0.2) is 0 Å². The standard InChI is InChI=1S/C19H20N2O3S/c22-18(23)9-13-11-25-8-7-21(13)19(24)15-10-17(12-5-6-12)20-16-4-2-1-3-14(15)16/h1-4,10,12-13H,5-9,11H2,(H,22,23). The summed E-state index contributed by atoms with van der Waals surface area (Å²) in [6, 6.07) is 9.40. The Morgan fingerprint density at radius 1 is 1.28 bits per heavy atom. The van der Waals surface area contributed by atoms with Crippen LogP contribution in [0.1, 0.15) is 41.2 Å². The van der Waals surface area contributed by atoms with Crippen molar-refractivity contribution in [3.63, 3.8) is 0 Å². The second-order valence-electron chi connectivity index (χ2n) is 6.71. The molecule has 130 valence electrons. The Labute approximate surface area is 150 Å². The van der Waals surface area contributed by atoms with E-state index in [1.54, 1.807) is 16.7 Å². The third kappa shape index (κ3) is 3.35. The average Bonchev–Trinajstić information content (AvgIpc) is 3.45. The highest BCUT2D eigenvalue weighted by Crippen LogP contribution is 2.40. The fraction of sp³-hybridized carbons (Fsp3) is 0.421. The van der Waals surface area contributed by atoms with Gasteiger partial charge in [0.1, 0.15) is 0 Å². The van der Waals surface area contributed by atoms with Gasteiger partial charge in [-0.05, 0) is 25.0 Å². The largest absolute Gasteiger partial charge is 0.481 e. The molecule has 4 rings (SSSR count). The number of rotatable bonds is 4. The Bertz CT molecular complexity index is 835. The molecule has 1 aliphatic carbocycles. The van der Waals surface area contributed by atoms with Gasteiger partial charge in [-0.3, -0.25) is 14.6 Å². The van der Waals surface area contributed by atoms with E-state index < -0.39 is 5.97 Å². The zero-order valence-electron chi connectivity index (χ0n) is 13.9. The summed E-state index contributed by atoms with van der Waals surface area (Å²) in [5.74, 6) is 1.06. The maximum absolute atomic E-state index is 13.3. The quantitative estimate of drug-likeness (QED) is 0.911. The summed E-state index contributed by atoms with van der Waals surface area (Å²) in [7, 11) is 0. The van der Waals surface area contributed by atoms with Gasteiger partial charge in [-0.15, -0.1) is 0 Å². The SMILES string of the molecule is O=C(O)CC1CSCCN1C(=O)c1cc(C2CC2)nc2ccccc12. The number of fused-ring (bicyclic) bond motifs is 1. The lowest BCUT2D eigenvalue weighted by Gasteiger charge is -2.35. The van der Waals surface area contributed by atoms with Crippen molar-refractivity contribution < 1.29 is 14.7 Å². The van der Waals surface area contributed by atoms with E-state index in [2.05, 4.69) is 0 Å². The molecule has 1 saturated heterocycles. The molecular weight excluding hydrogens is 336 g/mol. The lowest BCUT2D eigenvalue weighted by Crippen LogP contribution is -2.47. The van der Waals surface area contributed by atoms with Gasteiger partial charge in [-0.1, -0.05) is 18.2 Å². The molecule has 0 radical (unpaired) electrons. The molecule has 1 saturated carbocycles. The van der Waals surface area contributed by atoms with Crippen molar-refractivity contribution in [1.82, 2.24) is 9.88 Å². The number of hydrogen-bond donors (Lipinski definition) is 1. The minimum absolute atomic E-state index is 0.00274. The predicted octanol–water partition coefficient (Wildman–Crippen LogP) is 3.14. The third-order valence-corrected chi connectivity index (χ3v) is 5.95. The normalized spacial score (nSPS) is 20.6. The molecule has 2 aromatic rings. The molecule has 0 bridgehead atoms. The van der Waals surface area contributed by atoms with Crippen molar-refractivity contribution in [3.05, 3.63) is 41.6 Å². The van der Waals surface area contributed by atoms with Crippen molar-refractivity contribution in [2.24, 2.45) is 0 Å². The zero-order valence-corrected chi connectivity index (χ0v) is 14.7. The van der Waals surface area contributed by atoms with Crippen LogP contribution in [0.4, 0.5) is 0 Å². The molecular formula is C19H20N2O3S. The van der Waals surface area contributed by atoms with Crippen LogP contribution in [0.2, 0.25) is 0 Å². The van der Waals surface area contributed by atoms with E-state index in [-0.39, 0.29) is 18.4 Å². The van der Waals surface area contributed by atoms with Crippen molar-refractivity contribution >= 4 is 34.5 Å². The summed E-state index contributed by atoms with van der Waals surface area (Å²) in [4.78, 5) is 31.0. The number of aromatic nitrogens is 1. The van der Waals surface area contributed by atoms with Gasteiger partial charge < -0.3 is 10.0 Å². The summed E-state index contributed by atoms with van der Waals surface area (Å²) >= 11 is 1.71. The number of pyridine rings is 1. The highest BCUT2D eigenvalue weighted by Gasteiger charge is 2.32. The minimum atomic E-state index is -0.858. The topological polar surface area (TPSA) is 70.5 Å². The number of thioether (sulfide) groups is 1. The van der Waals surface area contributed by atoms with Crippen molar-refractivity contribution in [3.8, 4) is 0 Å². The summed E-state index contributed by atoms with van der Waals surface area (Å²) in [5, 5.41) is 10.0. The summed E-state index contributed by atoms with van der Waals surface area (Å²) in [5.41, 5.74) is 2.49. The number of carboxylic acids is 1. The first-order valence-corrected chi connectivity index (χ1v) is 9.79. The van der Waals surface area contributed by atoms with E-state index in [1.807, 2.05) is 30.3 Å². The number of aliphatic carboxylic acids is 1. The van der Waals surface area contributed by atoms with Gasteiger partial charge in [0.05, 0.1) is 23.5 Å². The number of para-hydroxylation sites is 1. The molecule has 1 aliphatic heterocycles. The minimum Gasteiger partial charge on any atom is -0.481 e. The number of carbonyl (C=O) groups is 2. The number of benzene rings is 1. The molecule has 1 amide bonds. The van der Waals surface area contributed by atoms with Crippen LogP contribution in [0.5, 0.6) is 0 Å². The highest BCUT2D eigenvalue weighted by molar-refractivity contribution is 7.99. The highest BCUT2D eigenvalue weighted by atomic mass is 32.2. The first-order valence-electron chi connectivity index (χ1n) is 8.63. The Hall–Kier alpha value is -2.08. The van der Waals surface area contributed by atoms with Crippen LogP contribution in [-0.4, -0.2) is 51.0 Å². The molecule has 1 unspecified atom stereocenters. The second kappa shape index (κ2) is 6.67. The van der Waals surface area contributed by atoms with Crippen LogP contribution < -0.4 is 0 Å². The third-order valence-electron chi connectivity index (χ3n) is 4.86. The second-order valence-corrected chi connectivity index (χ2v) is 7.86. The summed E-state index contributed by atoms with van der Waals surface area (Å²) in [6.45, 7) is 0.594. The van der Waals surface area contributed by atoms with Crippen LogP contribution in [0.15, 0.2) is 30.3 Å². The van der Waals surface area contributed by atoms with Crippen molar-refractivity contribution in [2.75, 3.05) is 18.1 Å². The molecule has 25 heavy (non-hydrogen) atoms. The average molecular weight is 356 g/mol. The van der Waals surface area contributed by atoms with Gasteiger partial charge in [-0.25, -0.2) is 0 Å². The van der Waals surface area contributed by atoms with Gasteiger partial charge in [-0.2, -0.15) is 11.8 Å². The predicted molar refractivity (Wildman–Crippen MR) is 98.1 cm³/mol. The smallest absolute Gasteiger partial charge is 0.305 e. The Morgan fingerprint density at radius 2 is 2.08 bits per heavy atom. The van der Waals surface area contributed by atoms with Gasteiger partial charge in [0.2, 0.25) is 0 Å². The van der Waals surface area contributed by atoms with Gasteiger partial charge in [0, 0.05) is 35.0 Å². The van der Waals surface area contributed by atoms with E-state index in [9.17, 15) is 14.7 Å². The maximum atomic E-state index is 13.3. The molecule has 1 N–H and O–H groups in total. The number of hydrogen-bond acceptors (Lipinski definition) is 4. The first kappa shape index (κ1) is 16.4. The van der Waals surface area contributed by atoms with E-state index in [0.29, 0.717) is 23.8 Å². The van der Waals surface area contributed by atoms with Crippen LogP contribution in [-0.2, 0) is 4.79 Å². The molecule has 5 nitrogen and oxygen atoms in total. The Kier molecular flexibility index (Phi) is 4.37. The van der Waals surface area contributed by atoms with Crippen LogP contribution in [0.3, 0.4) is 0 Å². The van der Waals surface area contributed by atoms with Crippen molar-refractivity contribution in [1.29, 1.82) is 0 Å². The number of carbonyl (C=O) groups excluding carboxylic acids is 1. The van der Waals surface area contributed by atoms with E-state index in [0.717, 1.165) is 35.2 Å². The van der Waals surface area contributed by atoms with Crippen LogP contribution in [0, 0.1) is 0 Å². The summed E-state index contributed by atoms with van der Waals surface area (Å²) in [6.07, 6.45) is 2.25. The maximum Gasteiger partial charge on any atom is 0.305 e. The number of carboxylic acid groups (broad SMARTS) is 1. The molecule has 1 aromatic heterocycles. The molecule has 2 aliphatic rings. The van der Waals surface area contributed by atoms with Crippen molar-refractivity contribution in [2.45, 2.75) is 31.2 Å². The fourth-order valence-electron chi connectivity index (χ4n) is 3.41. The Morgan fingerprint density at radius 3 is 2.84 bits per heavy atom. The number of amides is 1. The van der Waals surface area contributed by atoms with Crippen LogP contribution >= 0.6 is 11.8 Å². The zero-order chi connectivity index (χ0) is 17.4. The molecule has 1 atom stereocenters. The molecule has 2 fully saturated rings. The Balaban J connectivity index is 1.74. The van der Waals surface area contributed by atoms with Gasteiger partial charge >= 0.3 is 5.97 Å². The van der Waals surface area contributed by atoms with E-state index in [4.69, 9.17) is 4.98 Å².